The molecule has 6 heteroatoms. The summed E-state index contributed by atoms with van der Waals surface area (Å²) < 4.78 is 0. The molecule has 0 spiro atoms. The van der Waals surface area contributed by atoms with Gasteiger partial charge in [-0.05, 0) is 30.9 Å². The maximum absolute atomic E-state index is 12.6. The summed E-state index contributed by atoms with van der Waals surface area (Å²) in [6.45, 7) is 2.28. The quantitative estimate of drug-likeness (QED) is 0.925. The van der Waals surface area contributed by atoms with Gasteiger partial charge in [-0.3, -0.25) is 9.59 Å². The number of amides is 1. The molecule has 0 unspecified atom stereocenters. The van der Waals surface area contributed by atoms with Crippen molar-refractivity contribution >= 4 is 11.9 Å². The lowest BCUT2D eigenvalue weighted by atomic mass is 9.93. The predicted molar refractivity (Wildman–Crippen MR) is 92.7 cm³/mol. The van der Waals surface area contributed by atoms with Gasteiger partial charge in [-0.1, -0.05) is 24.3 Å². The van der Waals surface area contributed by atoms with Gasteiger partial charge in [-0.15, -0.1) is 0 Å². The Balaban J connectivity index is 1.67. The van der Waals surface area contributed by atoms with Gasteiger partial charge in [-0.25, -0.2) is 9.97 Å². The van der Waals surface area contributed by atoms with Crippen molar-refractivity contribution in [2.45, 2.75) is 32.2 Å². The van der Waals surface area contributed by atoms with Gasteiger partial charge in [0.2, 0.25) is 5.91 Å². The first kappa shape index (κ1) is 17.1. The van der Waals surface area contributed by atoms with Crippen LogP contribution in [-0.4, -0.2) is 44.4 Å². The number of likely N-dealkylation sites (tertiary alicyclic amines) is 1. The van der Waals surface area contributed by atoms with Gasteiger partial charge in [-0.2, -0.15) is 0 Å². The summed E-state index contributed by atoms with van der Waals surface area (Å²) in [5.41, 5.74) is 2.83. The highest BCUT2D eigenvalue weighted by Crippen LogP contribution is 2.23. The van der Waals surface area contributed by atoms with Crippen LogP contribution < -0.4 is 0 Å². The van der Waals surface area contributed by atoms with E-state index >= 15 is 0 Å². The minimum Gasteiger partial charge on any atom is -0.481 e. The molecular weight excluding hydrogens is 318 g/mol. The number of carboxylic acid groups (broad SMARTS) is 1. The van der Waals surface area contributed by atoms with E-state index in [1.165, 1.54) is 6.33 Å². The molecule has 25 heavy (non-hydrogen) atoms. The molecule has 0 radical (unpaired) electrons. The zero-order valence-electron chi connectivity index (χ0n) is 14.1. The van der Waals surface area contributed by atoms with Crippen molar-refractivity contribution in [2.24, 2.45) is 5.92 Å². The Kier molecular flexibility index (Phi) is 5.07. The number of rotatable bonds is 4. The number of carbonyl (C=O) groups excluding carboxylic acids is 1. The number of carbonyl (C=O) groups is 2. The molecule has 1 amide bonds. The van der Waals surface area contributed by atoms with E-state index < -0.39 is 11.9 Å². The summed E-state index contributed by atoms with van der Waals surface area (Å²) >= 11 is 0. The van der Waals surface area contributed by atoms with Crippen molar-refractivity contribution in [3.8, 4) is 11.1 Å². The number of nitrogens with zero attached hydrogens (tertiary/aromatic N) is 3. The van der Waals surface area contributed by atoms with Crippen LogP contribution in [0.1, 0.15) is 25.3 Å². The van der Waals surface area contributed by atoms with E-state index in [0.717, 1.165) is 23.1 Å². The first-order valence-electron chi connectivity index (χ1n) is 8.41. The van der Waals surface area contributed by atoms with E-state index in [9.17, 15) is 14.7 Å². The number of aliphatic carboxylic acids is 1. The SMILES string of the molecule is C[C@H]1CC[C@@H](C(=O)O)CN1C(=O)Cc1ccc(-c2cncnc2)cc1. The fourth-order valence-corrected chi connectivity index (χ4v) is 3.20. The molecule has 1 aromatic heterocycles. The van der Waals surface area contributed by atoms with Crippen molar-refractivity contribution in [3.05, 3.63) is 48.5 Å². The normalized spacial score (nSPS) is 20.3. The van der Waals surface area contributed by atoms with Crippen LogP contribution in [0.15, 0.2) is 43.0 Å². The van der Waals surface area contributed by atoms with Crippen LogP contribution in [-0.2, 0) is 16.0 Å². The van der Waals surface area contributed by atoms with Gasteiger partial charge in [0, 0.05) is 30.5 Å². The number of benzene rings is 1. The van der Waals surface area contributed by atoms with Gasteiger partial charge in [0.05, 0.1) is 12.3 Å². The van der Waals surface area contributed by atoms with Crippen LogP contribution in [0.25, 0.3) is 11.1 Å². The Morgan fingerprint density at radius 3 is 2.44 bits per heavy atom. The van der Waals surface area contributed by atoms with E-state index in [1.54, 1.807) is 17.3 Å². The van der Waals surface area contributed by atoms with Crippen LogP contribution in [0, 0.1) is 5.92 Å². The Hall–Kier alpha value is -2.76. The fraction of sp³-hybridized carbons (Fsp3) is 0.368. The number of carboxylic acids is 1. The molecule has 1 aliphatic rings. The second kappa shape index (κ2) is 7.42. The summed E-state index contributed by atoms with van der Waals surface area (Å²) in [4.78, 5) is 33.5. The summed E-state index contributed by atoms with van der Waals surface area (Å²) in [5, 5.41) is 9.20. The van der Waals surface area contributed by atoms with Crippen molar-refractivity contribution in [2.75, 3.05) is 6.54 Å². The monoisotopic (exact) mass is 339 g/mol. The molecule has 3 rings (SSSR count). The van der Waals surface area contributed by atoms with Gasteiger partial charge in [0.1, 0.15) is 6.33 Å². The van der Waals surface area contributed by atoms with E-state index in [-0.39, 0.29) is 18.4 Å². The Bertz CT molecular complexity index is 746. The maximum Gasteiger partial charge on any atom is 0.308 e. The molecule has 130 valence electrons. The lowest BCUT2D eigenvalue weighted by molar-refractivity contribution is -0.146. The van der Waals surface area contributed by atoms with Crippen molar-refractivity contribution in [3.63, 3.8) is 0 Å². The molecule has 0 saturated carbocycles. The standard InChI is InChI=1S/C19H21N3O3/c1-13-2-5-16(19(24)25)11-22(13)18(23)8-14-3-6-15(7-4-14)17-9-20-12-21-10-17/h3-4,6-7,9-10,12-13,16H,2,5,8,11H2,1H3,(H,24,25)/t13-,16+/m0/s1. The Labute approximate surface area is 146 Å². The Morgan fingerprint density at radius 1 is 1.12 bits per heavy atom. The molecule has 1 N–H and O–H groups in total. The second-order valence-corrected chi connectivity index (χ2v) is 6.51. The molecule has 1 aromatic carbocycles. The highest BCUT2D eigenvalue weighted by Gasteiger charge is 2.32. The van der Waals surface area contributed by atoms with E-state index in [4.69, 9.17) is 0 Å². The second-order valence-electron chi connectivity index (χ2n) is 6.51. The molecule has 0 aliphatic carbocycles. The smallest absolute Gasteiger partial charge is 0.308 e. The predicted octanol–water partition coefficient (Wildman–Crippen LogP) is 2.40. The van der Waals surface area contributed by atoms with E-state index in [1.807, 2.05) is 31.2 Å². The third-order valence-corrected chi connectivity index (χ3v) is 4.75. The third kappa shape index (κ3) is 4.02. The van der Waals surface area contributed by atoms with Crippen LogP contribution in [0.4, 0.5) is 0 Å². The van der Waals surface area contributed by atoms with Crippen LogP contribution in [0.5, 0.6) is 0 Å². The third-order valence-electron chi connectivity index (χ3n) is 4.75. The average Bonchev–Trinajstić information content (AvgIpc) is 2.63. The molecule has 2 atom stereocenters. The molecule has 1 saturated heterocycles. The van der Waals surface area contributed by atoms with Crippen molar-refractivity contribution in [1.29, 1.82) is 0 Å². The number of aromatic nitrogens is 2. The molecule has 6 nitrogen and oxygen atoms in total. The summed E-state index contributed by atoms with van der Waals surface area (Å²) in [6.07, 6.45) is 6.62. The van der Waals surface area contributed by atoms with Gasteiger partial charge in [0.15, 0.2) is 0 Å². The number of hydrogen-bond donors (Lipinski definition) is 1. The molecular formula is C19H21N3O3. The van der Waals surface area contributed by atoms with E-state index in [0.29, 0.717) is 13.0 Å². The summed E-state index contributed by atoms with van der Waals surface area (Å²) in [7, 11) is 0. The summed E-state index contributed by atoms with van der Waals surface area (Å²) in [5.74, 6) is -1.30. The minimum atomic E-state index is -0.820. The zero-order chi connectivity index (χ0) is 17.8. The van der Waals surface area contributed by atoms with Crippen LogP contribution in [0.3, 0.4) is 0 Å². The first-order chi connectivity index (χ1) is 12.0. The fourth-order valence-electron chi connectivity index (χ4n) is 3.20. The van der Waals surface area contributed by atoms with Crippen LogP contribution in [0.2, 0.25) is 0 Å². The highest BCUT2D eigenvalue weighted by molar-refractivity contribution is 5.80. The highest BCUT2D eigenvalue weighted by atomic mass is 16.4. The minimum absolute atomic E-state index is 0.0192. The van der Waals surface area contributed by atoms with Crippen LogP contribution >= 0.6 is 0 Å². The van der Waals surface area contributed by atoms with Gasteiger partial charge >= 0.3 is 5.97 Å². The number of piperidine rings is 1. The molecule has 1 fully saturated rings. The summed E-state index contributed by atoms with van der Waals surface area (Å²) in [6, 6.07) is 7.82. The maximum atomic E-state index is 12.6. The lowest BCUT2D eigenvalue weighted by Crippen LogP contribution is -2.47. The van der Waals surface area contributed by atoms with Gasteiger partial charge in [0.25, 0.3) is 0 Å². The van der Waals surface area contributed by atoms with E-state index in [2.05, 4.69) is 9.97 Å². The number of hydrogen-bond acceptors (Lipinski definition) is 4. The topological polar surface area (TPSA) is 83.4 Å². The van der Waals surface area contributed by atoms with Gasteiger partial charge < -0.3 is 10.0 Å². The molecule has 2 heterocycles. The Morgan fingerprint density at radius 2 is 1.80 bits per heavy atom. The van der Waals surface area contributed by atoms with Crippen molar-refractivity contribution in [1.82, 2.24) is 14.9 Å². The molecule has 1 aliphatic heterocycles. The molecule has 0 bridgehead atoms. The largest absolute Gasteiger partial charge is 0.481 e. The lowest BCUT2D eigenvalue weighted by Gasteiger charge is -2.36. The first-order valence-corrected chi connectivity index (χ1v) is 8.41. The average molecular weight is 339 g/mol. The van der Waals surface area contributed by atoms with Crippen molar-refractivity contribution < 1.29 is 14.7 Å². The zero-order valence-corrected chi connectivity index (χ0v) is 14.1. The molecule has 2 aromatic rings.